The van der Waals surface area contributed by atoms with E-state index >= 15 is 0 Å². The van der Waals surface area contributed by atoms with E-state index in [1.165, 1.54) is 25.7 Å². The highest BCUT2D eigenvalue weighted by molar-refractivity contribution is 5.80. The molecule has 1 heterocycles. The normalized spacial score (nSPS) is 31.2. The highest BCUT2D eigenvalue weighted by atomic mass is 16.2. The predicted molar refractivity (Wildman–Crippen MR) is 78.2 cm³/mol. The van der Waals surface area contributed by atoms with E-state index in [-0.39, 0.29) is 18.0 Å². The summed E-state index contributed by atoms with van der Waals surface area (Å²) in [4.78, 5) is 12.4. The zero-order chi connectivity index (χ0) is 14.3. The number of rotatable bonds is 4. The van der Waals surface area contributed by atoms with Crippen LogP contribution >= 0.6 is 0 Å². The van der Waals surface area contributed by atoms with E-state index in [0.29, 0.717) is 5.92 Å². The van der Waals surface area contributed by atoms with Gasteiger partial charge in [0.05, 0.1) is 5.69 Å². The van der Waals surface area contributed by atoms with Crippen LogP contribution in [0.3, 0.4) is 0 Å². The van der Waals surface area contributed by atoms with E-state index in [1.807, 2.05) is 26.1 Å². The molecule has 0 spiro atoms. The fourth-order valence-electron chi connectivity index (χ4n) is 4.13. The first kappa shape index (κ1) is 13.7. The van der Waals surface area contributed by atoms with Crippen LogP contribution in [0.15, 0.2) is 12.3 Å². The van der Waals surface area contributed by atoms with E-state index in [9.17, 15) is 4.79 Å². The minimum absolute atomic E-state index is 0.0865. The lowest BCUT2D eigenvalue weighted by Crippen LogP contribution is -2.43. The SMILES string of the molecule is Cc1ccn([C@@H](C)C(=O)N[C@H](C)[C@@H]2C[C@@H]3CC[C@@H]2C3)n1. The summed E-state index contributed by atoms with van der Waals surface area (Å²) in [5.41, 5.74) is 0.950. The second-order valence-electron chi connectivity index (χ2n) is 6.75. The minimum Gasteiger partial charge on any atom is -0.352 e. The van der Waals surface area contributed by atoms with Crippen LogP contribution in [0, 0.1) is 24.7 Å². The lowest BCUT2D eigenvalue weighted by Gasteiger charge is -2.29. The fourth-order valence-corrected chi connectivity index (χ4v) is 4.13. The molecule has 2 aliphatic rings. The van der Waals surface area contributed by atoms with E-state index < -0.39 is 0 Å². The van der Waals surface area contributed by atoms with Crippen LogP contribution < -0.4 is 5.32 Å². The average Bonchev–Trinajstić information content (AvgIpc) is 3.13. The second-order valence-corrected chi connectivity index (χ2v) is 6.75. The molecule has 1 aromatic rings. The Morgan fingerprint density at radius 1 is 1.40 bits per heavy atom. The van der Waals surface area contributed by atoms with Gasteiger partial charge in [-0.2, -0.15) is 5.10 Å². The van der Waals surface area contributed by atoms with Crippen molar-refractivity contribution in [2.45, 2.75) is 58.5 Å². The molecular weight excluding hydrogens is 250 g/mol. The Hall–Kier alpha value is -1.32. The number of hydrogen-bond acceptors (Lipinski definition) is 2. The summed E-state index contributed by atoms with van der Waals surface area (Å²) in [6.45, 7) is 6.03. The molecule has 2 saturated carbocycles. The Labute approximate surface area is 120 Å². The maximum absolute atomic E-state index is 12.4. The Morgan fingerprint density at radius 2 is 2.20 bits per heavy atom. The Kier molecular flexibility index (Phi) is 3.57. The zero-order valence-corrected chi connectivity index (χ0v) is 12.7. The van der Waals surface area contributed by atoms with Crippen molar-refractivity contribution in [3.63, 3.8) is 0 Å². The third kappa shape index (κ3) is 2.48. The van der Waals surface area contributed by atoms with Gasteiger partial charge in [0.1, 0.15) is 6.04 Å². The van der Waals surface area contributed by atoms with E-state index in [1.54, 1.807) is 4.68 Å². The van der Waals surface area contributed by atoms with Crippen LogP contribution in [0.25, 0.3) is 0 Å². The maximum atomic E-state index is 12.4. The van der Waals surface area contributed by atoms with Gasteiger partial charge in [0.2, 0.25) is 5.91 Å². The number of aryl methyl sites for hydroxylation is 1. The van der Waals surface area contributed by atoms with Gasteiger partial charge >= 0.3 is 0 Å². The molecular formula is C16H25N3O. The van der Waals surface area contributed by atoms with Crippen molar-refractivity contribution in [2.75, 3.05) is 0 Å². The third-order valence-corrected chi connectivity index (χ3v) is 5.32. The van der Waals surface area contributed by atoms with Crippen LogP contribution in [0.5, 0.6) is 0 Å². The predicted octanol–water partition coefficient (Wildman–Crippen LogP) is 2.69. The molecule has 110 valence electrons. The molecule has 0 aromatic carbocycles. The van der Waals surface area contributed by atoms with Gasteiger partial charge in [-0.1, -0.05) is 6.42 Å². The van der Waals surface area contributed by atoms with Crippen LogP contribution in [0.2, 0.25) is 0 Å². The van der Waals surface area contributed by atoms with E-state index in [4.69, 9.17) is 0 Å². The fraction of sp³-hybridized carbons (Fsp3) is 0.750. The summed E-state index contributed by atoms with van der Waals surface area (Å²) in [5.74, 6) is 2.54. The molecule has 2 bridgehead atoms. The summed E-state index contributed by atoms with van der Waals surface area (Å²) in [6, 6.07) is 1.99. The van der Waals surface area contributed by atoms with Crippen molar-refractivity contribution >= 4 is 5.91 Å². The van der Waals surface area contributed by atoms with Crippen molar-refractivity contribution < 1.29 is 4.79 Å². The van der Waals surface area contributed by atoms with Gasteiger partial charge in [-0.05, 0) is 63.9 Å². The first-order valence-corrected chi connectivity index (χ1v) is 7.86. The van der Waals surface area contributed by atoms with Crippen LogP contribution in [0.4, 0.5) is 0 Å². The summed E-state index contributed by atoms with van der Waals surface area (Å²) in [7, 11) is 0. The number of nitrogens with zero attached hydrogens (tertiary/aromatic N) is 2. The van der Waals surface area contributed by atoms with Gasteiger partial charge in [0.15, 0.2) is 0 Å². The number of carbonyl (C=O) groups excluding carboxylic acids is 1. The van der Waals surface area contributed by atoms with E-state index in [2.05, 4.69) is 17.3 Å². The summed E-state index contributed by atoms with van der Waals surface area (Å²) >= 11 is 0. The van der Waals surface area contributed by atoms with E-state index in [0.717, 1.165) is 17.5 Å². The molecule has 1 aromatic heterocycles. The molecule has 1 amide bonds. The largest absolute Gasteiger partial charge is 0.352 e. The van der Waals surface area contributed by atoms with Gasteiger partial charge < -0.3 is 5.32 Å². The molecule has 4 heteroatoms. The number of amides is 1. The number of nitrogens with one attached hydrogen (secondary N) is 1. The number of carbonyl (C=O) groups is 1. The number of aromatic nitrogens is 2. The van der Waals surface area contributed by atoms with Crippen molar-refractivity contribution in [3.05, 3.63) is 18.0 Å². The number of fused-ring (bicyclic) bond motifs is 2. The standard InChI is InChI=1S/C16H25N3O/c1-10-6-7-19(18-10)12(3)16(20)17-11(2)15-9-13-4-5-14(15)8-13/h6-7,11-15H,4-5,8-9H2,1-3H3,(H,17,20)/t11-,12+,13-,14-,15+/m1/s1. The molecule has 0 unspecified atom stereocenters. The minimum atomic E-state index is -0.232. The Bertz CT molecular complexity index is 496. The van der Waals surface area contributed by atoms with Crippen molar-refractivity contribution in [2.24, 2.45) is 17.8 Å². The van der Waals surface area contributed by atoms with Gasteiger partial charge in [0, 0.05) is 12.2 Å². The highest BCUT2D eigenvalue weighted by Crippen LogP contribution is 2.49. The zero-order valence-electron chi connectivity index (χ0n) is 12.7. The highest BCUT2D eigenvalue weighted by Gasteiger charge is 2.42. The smallest absolute Gasteiger partial charge is 0.244 e. The Balaban J connectivity index is 1.58. The van der Waals surface area contributed by atoms with Gasteiger partial charge in [-0.25, -0.2) is 0 Å². The molecule has 2 aliphatic carbocycles. The van der Waals surface area contributed by atoms with Gasteiger partial charge in [0.25, 0.3) is 0 Å². The molecule has 1 N–H and O–H groups in total. The van der Waals surface area contributed by atoms with Crippen LogP contribution in [-0.4, -0.2) is 21.7 Å². The van der Waals surface area contributed by atoms with Gasteiger partial charge in [-0.15, -0.1) is 0 Å². The summed E-state index contributed by atoms with van der Waals surface area (Å²) in [6.07, 6.45) is 7.34. The lowest BCUT2D eigenvalue weighted by molar-refractivity contribution is -0.125. The third-order valence-electron chi connectivity index (χ3n) is 5.32. The Morgan fingerprint density at radius 3 is 2.75 bits per heavy atom. The topological polar surface area (TPSA) is 46.9 Å². The number of hydrogen-bond donors (Lipinski definition) is 1. The molecule has 4 nitrogen and oxygen atoms in total. The molecule has 5 atom stereocenters. The molecule has 2 fully saturated rings. The molecule has 20 heavy (non-hydrogen) atoms. The van der Waals surface area contributed by atoms with Crippen LogP contribution in [-0.2, 0) is 4.79 Å². The van der Waals surface area contributed by atoms with Crippen LogP contribution in [0.1, 0.15) is 51.3 Å². The van der Waals surface area contributed by atoms with Crippen molar-refractivity contribution in [1.82, 2.24) is 15.1 Å². The molecule has 0 aliphatic heterocycles. The quantitative estimate of drug-likeness (QED) is 0.918. The van der Waals surface area contributed by atoms with Crippen molar-refractivity contribution in [3.8, 4) is 0 Å². The lowest BCUT2D eigenvalue weighted by atomic mass is 9.84. The molecule has 0 saturated heterocycles. The van der Waals surface area contributed by atoms with Gasteiger partial charge in [-0.3, -0.25) is 9.48 Å². The first-order valence-electron chi connectivity index (χ1n) is 7.86. The summed E-state index contributed by atoms with van der Waals surface area (Å²) in [5, 5.41) is 7.54. The first-order chi connectivity index (χ1) is 9.54. The average molecular weight is 275 g/mol. The maximum Gasteiger partial charge on any atom is 0.244 e. The molecule has 0 radical (unpaired) electrons. The summed E-state index contributed by atoms with van der Waals surface area (Å²) < 4.78 is 1.75. The van der Waals surface area contributed by atoms with Crippen molar-refractivity contribution in [1.29, 1.82) is 0 Å². The molecule has 3 rings (SSSR count). The second kappa shape index (κ2) is 5.23. The monoisotopic (exact) mass is 275 g/mol.